The number of benzene rings is 1. The standard InChI is InChI=1S/C13H5ClF10O2/c14-7-2-1-5(3-6(7)11(16,17)18)8(25)4-9(26)10(15,12(19,20)21)13(22,23)24/h1-4,25H/p-1/b8-4-. The summed E-state index contributed by atoms with van der Waals surface area (Å²) in [4.78, 5) is 11.2. The van der Waals surface area contributed by atoms with Gasteiger partial charge in [0.05, 0.1) is 10.6 Å². The summed E-state index contributed by atoms with van der Waals surface area (Å²) in [6.45, 7) is 0. The van der Waals surface area contributed by atoms with Gasteiger partial charge in [-0.05, 0) is 23.8 Å². The van der Waals surface area contributed by atoms with Crippen molar-refractivity contribution in [3.8, 4) is 0 Å². The maximum absolute atomic E-state index is 13.4. The van der Waals surface area contributed by atoms with Crippen molar-refractivity contribution in [3.05, 3.63) is 40.4 Å². The van der Waals surface area contributed by atoms with E-state index in [1.807, 2.05) is 0 Å². The van der Waals surface area contributed by atoms with Gasteiger partial charge in [-0.25, -0.2) is 4.39 Å². The normalized spacial score (nSPS) is 14.5. The fraction of sp³-hybridized carbons (Fsp3) is 0.308. The van der Waals surface area contributed by atoms with E-state index >= 15 is 0 Å². The Kier molecular flexibility index (Phi) is 5.63. The molecule has 0 saturated heterocycles. The first-order chi connectivity index (χ1) is 11.4. The lowest BCUT2D eigenvalue weighted by atomic mass is 9.97. The third kappa shape index (κ3) is 4.05. The molecule has 0 fully saturated rings. The number of carbonyl (C=O) groups excluding carboxylic acids is 1. The molecule has 13 heteroatoms. The minimum absolute atomic E-state index is 0.00443. The second-order valence-electron chi connectivity index (χ2n) is 4.72. The molecule has 1 aromatic carbocycles. The molecule has 0 aliphatic heterocycles. The highest BCUT2D eigenvalue weighted by Crippen LogP contribution is 2.47. The van der Waals surface area contributed by atoms with Gasteiger partial charge >= 0.3 is 24.2 Å². The average Bonchev–Trinajstić information content (AvgIpc) is 2.42. The third-order valence-corrected chi connectivity index (χ3v) is 3.27. The van der Waals surface area contributed by atoms with Crippen LogP contribution in [0.1, 0.15) is 11.1 Å². The van der Waals surface area contributed by atoms with Crippen molar-refractivity contribution in [2.24, 2.45) is 0 Å². The zero-order chi connectivity index (χ0) is 20.7. The van der Waals surface area contributed by atoms with E-state index in [9.17, 15) is 53.8 Å². The minimum Gasteiger partial charge on any atom is -0.872 e. The Balaban J connectivity index is 3.43. The summed E-state index contributed by atoms with van der Waals surface area (Å²) in [5.74, 6) is -5.33. The molecule has 0 unspecified atom stereocenters. The number of rotatable bonds is 3. The largest absolute Gasteiger partial charge is 0.872 e. The lowest BCUT2D eigenvalue weighted by molar-refractivity contribution is -0.323. The van der Waals surface area contributed by atoms with Crippen LogP contribution in [0.3, 0.4) is 0 Å². The predicted octanol–water partition coefficient (Wildman–Crippen LogP) is 4.46. The van der Waals surface area contributed by atoms with Crippen molar-refractivity contribution in [1.82, 2.24) is 0 Å². The number of carbonyl (C=O) groups is 1. The number of halogens is 11. The van der Waals surface area contributed by atoms with E-state index in [2.05, 4.69) is 0 Å². The van der Waals surface area contributed by atoms with Crippen molar-refractivity contribution in [3.63, 3.8) is 0 Å². The van der Waals surface area contributed by atoms with Crippen LogP contribution in [-0.4, -0.2) is 23.8 Å². The van der Waals surface area contributed by atoms with Crippen LogP contribution in [0.5, 0.6) is 0 Å². The molecule has 0 heterocycles. The van der Waals surface area contributed by atoms with Gasteiger partial charge in [-0.15, -0.1) is 0 Å². The molecule has 0 amide bonds. The van der Waals surface area contributed by atoms with E-state index in [0.717, 1.165) is 0 Å². The van der Waals surface area contributed by atoms with Crippen molar-refractivity contribution in [1.29, 1.82) is 0 Å². The van der Waals surface area contributed by atoms with Gasteiger partial charge in [0.2, 0.25) is 5.78 Å². The van der Waals surface area contributed by atoms with Gasteiger partial charge in [0.25, 0.3) is 0 Å². The van der Waals surface area contributed by atoms with E-state index in [-0.39, 0.29) is 6.07 Å². The van der Waals surface area contributed by atoms with Crippen LogP contribution in [0.15, 0.2) is 24.3 Å². The summed E-state index contributed by atoms with van der Waals surface area (Å²) in [6.07, 6.45) is -19.5. The van der Waals surface area contributed by atoms with Gasteiger partial charge in [0, 0.05) is 0 Å². The summed E-state index contributed by atoms with van der Waals surface area (Å²) in [5.41, 5.74) is -9.15. The smallest absolute Gasteiger partial charge is 0.439 e. The quantitative estimate of drug-likeness (QED) is 0.414. The zero-order valence-corrected chi connectivity index (χ0v) is 12.5. The Labute approximate surface area is 142 Å². The molecule has 26 heavy (non-hydrogen) atoms. The molecule has 0 N–H and O–H groups in total. The Morgan fingerprint density at radius 1 is 0.923 bits per heavy atom. The second kappa shape index (κ2) is 6.63. The highest BCUT2D eigenvalue weighted by molar-refractivity contribution is 6.31. The molecule has 0 atom stereocenters. The molecule has 0 radical (unpaired) electrons. The minimum atomic E-state index is -6.75. The van der Waals surface area contributed by atoms with Crippen LogP contribution < -0.4 is 5.11 Å². The first kappa shape index (κ1) is 22.1. The lowest BCUT2D eigenvalue weighted by Crippen LogP contribution is -2.58. The third-order valence-electron chi connectivity index (χ3n) is 2.94. The van der Waals surface area contributed by atoms with Crippen molar-refractivity contribution in [2.45, 2.75) is 24.2 Å². The number of hydrogen-bond acceptors (Lipinski definition) is 2. The Morgan fingerprint density at radius 3 is 1.77 bits per heavy atom. The molecule has 1 aromatic rings. The van der Waals surface area contributed by atoms with Gasteiger partial charge < -0.3 is 5.11 Å². The topological polar surface area (TPSA) is 40.1 Å². The first-order valence-electron chi connectivity index (χ1n) is 6.05. The van der Waals surface area contributed by atoms with Gasteiger partial charge in [-0.1, -0.05) is 23.4 Å². The molecule has 2 nitrogen and oxygen atoms in total. The van der Waals surface area contributed by atoms with Crippen LogP contribution in [-0.2, 0) is 11.0 Å². The molecule has 0 aliphatic carbocycles. The Hall–Kier alpha value is -1.98. The van der Waals surface area contributed by atoms with Crippen molar-refractivity contribution in [2.75, 3.05) is 0 Å². The van der Waals surface area contributed by atoms with E-state index in [4.69, 9.17) is 11.6 Å². The summed E-state index contributed by atoms with van der Waals surface area (Å²) in [5, 5.41) is 10.6. The fourth-order valence-corrected chi connectivity index (χ4v) is 1.86. The summed E-state index contributed by atoms with van der Waals surface area (Å²) in [7, 11) is 0. The number of alkyl halides is 10. The maximum atomic E-state index is 13.4. The van der Waals surface area contributed by atoms with Gasteiger partial charge in [-0.3, -0.25) is 4.79 Å². The highest BCUT2D eigenvalue weighted by Gasteiger charge is 2.76. The molecule has 0 aliphatic rings. The van der Waals surface area contributed by atoms with Crippen LogP contribution in [0, 0.1) is 0 Å². The molecular weight excluding hydrogens is 414 g/mol. The van der Waals surface area contributed by atoms with Crippen LogP contribution in [0.4, 0.5) is 43.9 Å². The summed E-state index contributed by atoms with van der Waals surface area (Å²) >= 11 is 5.22. The number of ketones is 1. The monoisotopic (exact) mass is 417 g/mol. The van der Waals surface area contributed by atoms with Gasteiger partial charge in [0.1, 0.15) is 0 Å². The van der Waals surface area contributed by atoms with Gasteiger partial charge in [0.15, 0.2) is 0 Å². The lowest BCUT2D eigenvalue weighted by Gasteiger charge is -2.28. The average molecular weight is 418 g/mol. The predicted molar refractivity (Wildman–Crippen MR) is 65.4 cm³/mol. The van der Waals surface area contributed by atoms with E-state index in [1.54, 1.807) is 0 Å². The number of allylic oxidation sites excluding steroid dienone is 1. The molecule has 1 rings (SSSR count). The first-order valence-corrected chi connectivity index (χ1v) is 6.43. The molecule has 0 bridgehead atoms. The second-order valence-corrected chi connectivity index (χ2v) is 5.13. The zero-order valence-electron chi connectivity index (χ0n) is 11.8. The maximum Gasteiger partial charge on any atom is 0.439 e. The van der Waals surface area contributed by atoms with Crippen molar-refractivity contribution < 1.29 is 53.8 Å². The van der Waals surface area contributed by atoms with E-state index in [1.165, 1.54) is 0 Å². The van der Waals surface area contributed by atoms with E-state index in [0.29, 0.717) is 12.1 Å². The fourth-order valence-electron chi connectivity index (χ4n) is 1.64. The molecular formula is C13H4ClF10O2-. The number of hydrogen-bond donors (Lipinski definition) is 0. The summed E-state index contributed by atoms with van der Waals surface area (Å²) < 4.78 is 125. The molecule has 0 spiro atoms. The molecule has 0 saturated carbocycles. The van der Waals surface area contributed by atoms with Crippen molar-refractivity contribution >= 4 is 23.1 Å². The van der Waals surface area contributed by atoms with Crippen LogP contribution >= 0.6 is 11.6 Å². The Morgan fingerprint density at radius 2 is 1.38 bits per heavy atom. The van der Waals surface area contributed by atoms with Gasteiger partial charge in [-0.2, -0.15) is 39.5 Å². The highest BCUT2D eigenvalue weighted by atomic mass is 35.5. The molecule has 146 valence electrons. The SMILES string of the molecule is O=C(/C=C(\[O-])c1ccc(Cl)c(C(F)(F)F)c1)C(F)(C(F)(F)F)C(F)(F)F. The molecule has 0 aromatic heterocycles. The van der Waals surface area contributed by atoms with Crippen LogP contribution in [0.2, 0.25) is 5.02 Å². The van der Waals surface area contributed by atoms with Crippen LogP contribution in [0.25, 0.3) is 5.76 Å². The summed E-state index contributed by atoms with van der Waals surface area (Å²) in [6, 6.07) is 0.979. The Bertz CT molecular complexity index is 716. The van der Waals surface area contributed by atoms with E-state index < -0.39 is 58.0 Å².